The van der Waals surface area contributed by atoms with Crippen LogP contribution in [0.1, 0.15) is 92.9 Å². The zero-order valence-electron chi connectivity index (χ0n) is 55.7. The largest absolute Gasteiger partial charge is 0.756 e. The predicted molar refractivity (Wildman–Crippen MR) is 330 cm³/mol. The minimum absolute atomic E-state index is 0.00178. The molecule has 3 aliphatic heterocycles. The zero-order valence-corrected chi connectivity index (χ0v) is 56.6. The van der Waals surface area contributed by atoms with E-state index >= 15 is 0 Å². The number of hydrogen-bond donors (Lipinski definition) is 15. The molecule has 0 radical (unpaired) electrons. The number of carbonyl (C=O) groups is 7. The van der Waals surface area contributed by atoms with Crippen LogP contribution in [0.4, 0.5) is 0 Å². The number of phosphoric ester groups is 1. The van der Waals surface area contributed by atoms with Crippen LogP contribution < -0.4 is 36.8 Å². The van der Waals surface area contributed by atoms with Gasteiger partial charge < -0.3 is 144 Å². The highest BCUT2D eigenvalue weighted by Gasteiger charge is 2.48. The van der Waals surface area contributed by atoms with Crippen LogP contribution >= 0.6 is 7.82 Å². The van der Waals surface area contributed by atoms with Gasteiger partial charge in [0.1, 0.15) is 73.1 Å². The fourth-order valence-corrected chi connectivity index (χ4v) is 11.1. The third-order valence-electron chi connectivity index (χ3n) is 14.8. The van der Waals surface area contributed by atoms with Gasteiger partial charge in [0, 0.05) is 92.3 Å². The summed E-state index contributed by atoms with van der Waals surface area (Å²) in [6, 6.07) is -3.43. The third kappa shape index (κ3) is 33.7. The van der Waals surface area contributed by atoms with Crippen LogP contribution in [-0.2, 0) is 89.8 Å². The number of aliphatic hydroxyl groups excluding tert-OH is 9. The monoisotopic (exact) mass is 1410 g/mol. The summed E-state index contributed by atoms with van der Waals surface area (Å²) in [5, 5.41) is 107. The van der Waals surface area contributed by atoms with E-state index in [4.69, 9.17) is 51.7 Å². The summed E-state index contributed by atoms with van der Waals surface area (Å²) >= 11 is 0. The molecule has 37 nitrogen and oxygen atoms in total. The molecule has 15 N–H and O–H groups in total. The first-order valence-corrected chi connectivity index (χ1v) is 33.7. The Balaban J connectivity index is 1.60. The summed E-state index contributed by atoms with van der Waals surface area (Å²) in [6.07, 6.45) is -14.9. The van der Waals surface area contributed by atoms with Crippen molar-refractivity contribution in [3.8, 4) is 0 Å². The molecule has 16 atom stereocenters. The van der Waals surface area contributed by atoms with Crippen LogP contribution in [0.5, 0.6) is 0 Å². The van der Waals surface area contributed by atoms with E-state index in [1.807, 2.05) is 4.90 Å². The van der Waals surface area contributed by atoms with E-state index in [0.717, 1.165) is 0 Å². The maximum absolute atomic E-state index is 13.8. The Hall–Kier alpha value is -4.36. The van der Waals surface area contributed by atoms with Crippen LogP contribution in [0.2, 0.25) is 0 Å². The minimum atomic E-state index is -4.57. The van der Waals surface area contributed by atoms with Gasteiger partial charge in [-0.15, -0.1) is 0 Å². The van der Waals surface area contributed by atoms with E-state index in [2.05, 4.69) is 31.9 Å². The van der Waals surface area contributed by atoms with Gasteiger partial charge in [-0.3, -0.25) is 38.1 Å². The fourth-order valence-electron chi connectivity index (χ4n) is 10.1. The Morgan fingerprint density at radius 2 is 0.823 bits per heavy atom. The number of nitrogens with one attached hydrogen (secondary N) is 6. The number of carbonyl (C=O) groups excluding carboxylic acids is 7. The topological polar surface area (TPSA) is 522 Å². The van der Waals surface area contributed by atoms with Crippen LogP contribution in [0, 0.1) is 0 Å². The highest BCUT2D eigenvalue weighted by Crippen LogP contribution is 2.43. The molecule has 0 aromatic heterocycles. The average Bonchev–Trinajstić information content (AvgIpc) is 0.829. The van der Waals surface area contributed by atoms with E-state index < -0.39 is 149 Å². The van der Waals surface area contributed by atoms with Gasteiger partial charge in [-0.1, -0.05) is 6.42 Å². The van der Waals surface area contributed by atoms with Crippen LogP contribution in [0.15, 0.2) is 0 Å². The van der Waals surface area contributed by atoms with Crippen molar-refractivity contribution < 1.29 is 141 Å². The van der Waals surface area contributed by atoms with Crippen molar-refractivity contribution in [1.82, 2.24) is 41.7 Å². The first-order chi connectivity index (χ1) is 45.5. The van der Waals surface area contributed by atoms with Crippen molar-refractivity contribution in [1.29, 1.82) is 0 Å². The smallest absolute Gasteiger partial charge is 0.268 e. The number of nitrogens with zero attached hydrogens (tertiary/aromatic N) is 2. The second kappa shape index (κ2) is 46.1. The Morgan fingerprint density at radius 1 is 0.458 bits per heavy atom. The summed E-state index contributed by atoms with van der Waals surface area (Å²) in [7, 11) is -4.57. The van der Waals surface area contributed by atoms with Crippen LogP contribution in [0.3, 0.4) is 0 Å². The molecule has 7 amide bonds. The molecule has 0 aliphatic carbocycles. The molecule has 3 fully saturated rings. The van der Waals surface area contributed by atoms with Gasteiger partial charge in [0.2, 0.25) is 41.4 Å². The van der Waals surface area contributed by atoms with E-state index in [0.29, 0.717) is 25.7 Å². The Bertz CT molecular complexity index is 2260. The first kappa shape index (κ1) is 85.9. The maximum Gasteiger partial charge on any atom is 0.268 e. The summed E-state index contributed by atoms with van der Waals surface area (Å²) < 4.78 is 72.5. The lowest BCUT2D eigenvalue weighted by Crippen LogP contribution is -2.64. The third-order valence-corrected chi connectivity index (χ3v) is 16.1. The van der Waals surface area contributed by atoms with Crippen LogP contribution in [0.25, 0.3) is 0 Å². The Kier molecular flexibility index (Phi) is 41.3. The lowest BCUT2D eigenvalue weighted by Gasteiger charge is -2.42. The van der Waals surface area contributed by atoms with Gasteiger partial charge in [0.15, 0.2) is 18.9 Å². The molecule has 3 aliphatic rings. The molecule has 0 bridgehead atoms. The average molecular weight is 1410 g/mol. The summed E-state index contributed by atoms with van der Waals surface area (Å²) in [5.41, 5.74) is -0.996. The van der Waals surface area contributed by atoms with Crippen molar-refractivity contribution >= 4 is 49.2 Å². The molecular weight excluding hydrogens is 1300 g/mol. The molecule has 0 spiro atoms. The molecule has 0 aromatic rings. The number of unbranched alkanes of at least 4 members (excludes halogenated alkanes) is 2. The quantitative estimate of drug-likeness (QED) is 0.0199. The number of hydrogen-bond acceptors (Lipinski definition) is 30. The summed E-state index contributed by atoms with van der Waals surface area (Å²) in [5.74, 6) is -2.99. The van der Waals surface area contributed by atoms with Crippen molar-refractivity contribution in [2.24, 2.45) is 0 Å². The highest BCUT2D eigenvalue weighted by molar-refractivity contribution is 7.45. The molecule has 0 saturated carbocycles. The minimum Gasteiger partial charge on any atom is -0.756 e. The fraction of sp³-hybridized carbons (Fsp3) is 0.879. The SMILES string of the molecule is CC(=O)NC1C(OCCOCCNC(=O)CCN(CCCN(CCC(=O)NCCOCCOC2OC(CO)C(O)C(O)C2NC(C)=O)C(=O)CCCCCOP(=O)([O-])OC(C)(C)C)CCC(=O)NCCOCCOC2OC(CO)C(O)C(O)C2NC(C)=O)OC(CO)C(O)C1O. The molecule has 3 heterocycles. The first-order valence-electron chi connectivity index (χ1n) is 32.2. The number of ether oxygens (including phenoxy) is 9. The van der Waals surface area contributed by atoms with Gasteiger partial charge in [-0.2, -0.15) is 0 Å². The van der Waals surface area contributed by atoms with Gasteiger partial charge in [0.05, 0.1) is 91.5 Å². The molecule has 16 unspecified atom stereocenters. The van der Waals surface area contributed by atoms with E-state index in [9.17, 15) is 89.0 Å². The summed E-state index contributed by atoms with van der Waals surface area (Å²) in [6.45, 7) is 7.10. The van der Waals surface area contributed by atoms with Crippen molar-refractivity contribution in [2.75, 3.05) is 138 Å². The molecule has 3 rings (SSSR count). The van der Waals surface area contributed by atoms with Gasteiger partial charge >= 0.3 is 0 Å². The highest BCUT2D eigenvalue weighted by atomic mass is 31.2. The second-order valence-electron chi connectivity index (χ2n) is 23.9. The van der Waals surface area contributed by atoms with Crippen molar-refractivity contribution in [2.45, 2.75) is 190 Å². The number of rotatable bonds is 48. The number of aliphatic hydroxyl groups is 9. The molecule has 3 saturated heterocycles. The van der Waals surface area contributed by atoms with E-state index in [1.165, 1.54) is 25.7 Å². The normalized spacial score (nSPS) is 26.7. The molecule has 38 heteroatoms. The molecule has 0 aromatic carbocycles. The van der Waals surface area contributed by atoms with Gasteiger partial charge in [0.25, 0.3) is 7.82 Å². The van der Waals surface area contributed by atoms with Gasteiger partial charge in [-0.25, -0.2) is 0 Å². The molecule has 558 valence electrons. The number of phosphoric acid groups is 1. The second-order valence-corrected chi connectivity index (χ2v) is 25.3. The van der Waals surface area contributed by atoms with E-state index in [-0.39, 0.29) is 162 Å². The van der Waals surface area contributed by atoms with Crippen molar-refractivity contribution in [3.63, 3.8) is 0 Å². The van der Waals surface area contributed by atoms with E-state index in [1.54, 1.807) is 20.8 Å². The standard InChI is InChI=1S/C58H107N8O29P/c1-36(70)62-46-52(80)49(77)39(33-67)92-55(46)88-30-27-85-24-15-59-42(73)12-20-65(21-13-43(74)60-16-25-86-28-31-89-56-47(63-37(2)71)53(81)50(78)40(34-68)93-56)18-10-19-66(45(76)11-8-7-9-23-91-96(83,84)95-58(4,5)6)22-14-44(75)61-17-26-87-29-32-90-57-48(64-38(3)72)54(82)51(79)41(35-69)94-57/h39-41,46-57,67-69,77-82H,7-35H2,1-6H3,(H,59,73)(H,60,74)(H,61,75)(H,62,70)(H,63,71)(H,64,72)(H,83,84)/p-1. The molecular formula is C58H106N8O29P-. The van der Waals surface area contributed by atoms with Crippen LogP contribution in [-0.4, -0.2) is 333 Å². The Morgan fingerprint density at radius 3 is 1.17 bits per heavy atom. The number of amides is 7. The predicted octanol–water partition coefficient (Wildman–Crippen LogP) is -7.18. The van der Waals surface area contributed by atoms with Gasteiger partial charge in [-0.05, 0) is 46.6 Å². The van der Waals surface area contributed by atoms with Crippen molar-refractivity contribution in [3.05, 3.63) is 0 Å². The lowest BCUT2D eigenvalue weighted by atomic mass is 9.97. The summed E-state index contributed by atoms with van der Waals surface area (Å²) in [4.78, 5) is 104. The lowest BCUT2D eigenvalue weighted by molar-refractivity contribution is -0.272. The Labute approximate surface area is 558 Å². The maximum atomic E-state index is 13.8. The zero-order chi connectivity index (χ0) is 71.4. The molecule has 96 heavy (non-hydrogen) atoms.